The lowest BCUT2D eigenvalue weighted by Gasteiger charge is -2.10. The zero-order valence-electron chi connectivity index (χ0n) is 13.4. The van der Waals surface area contributed by atoms with Crippen LogP contribution in [0.2, 0.25) is 0 Å². The molecule has 6 heteroatoms. The van der Waals surface area contributed by atoms with Gasteiger partial charge < -0.3 is 10.1 Å². The third-order valence-electron chi connectivity index (χ3n) is 3.41. The summed E-state index contributed by atoms with van der Waals surface area (Å²) in [6.45, 7) is 3.34. The molecule has 0 saturated carbocycles. The van der Waals surface area contributed by atoms with Crippen molar-refractivity contribution >= 4 is 21.4 Å². The third-order valence-corrected chi connectivity index (χ3v) is 4.81. The smallest absolute Gasteiger partial charge is 0.261 e. The van der Waals surface area contributed by atoms with E-state index in [2.05, 4.69) is 10.0 Å². The van der Waals surface area contributed by atoms with E-state index in [1.807, 2.05) is 31.2 Å². The van der Waals surface area contributed by atoms with Crippen LogP contribution in [0.4, 0.5) is 11.4 Å². The largest absolute Gasteiger partial charge is 0.383 e. The molecule has 0 saturated heterocycles. The molecule has 2 N–H and O–H groups in total. The number of nitrogens with one attached hydrogen (secondary N) is 2. The van der Waals surface area contributed by atoms with E-state index in [9.17, 15) is 8.42 Å². The van der Waals surface area contributed by atoms with E-state index in [1.165, 1.54) is 0 Å². The Morgan fingerprint density at radius 2 is 1.57 bits per heavy atom. The Kier molecular flexibility index (Phi) is 6.01. The number of rotatable bonds is 8. The predicted octanol–water partition coefficient (Wildman–Crippen LogP) is 3.11. The molecule has 0 radical (unpaired) electrons. The Bertz CT molecular complexity index is 711. The summed E-state index contributed by atoms with van der Waals surface area (Å²) < 4.78 is 32.3. The molecular weight excluding hydrogens is 312 g/mol. The number of anilines is 2. The van der Waals surface area contributed by atoms with Crippen LogP contribution in [0.25, 0.3) is 0 Å². The van der Waals surface area contributed by atoms with Crippen molar-refractivity contribution in [1.82, 2.24) is 0 Å². The topological polar surface area (TPSA) is 67.4 Å². The number of hydrogen-bond donors (Lipinski definition) is 2. The molecular formula is C17H22N2O3S. The van der Waals surface area contributed by atoms with Crippen LogP contribution in [0, 0.1) is 0 Å². The second-order valence-corrected chi connectivity index (χ2v) is 6.78. The Morgan fingerprint density at radius 1 is 0.957 bits per heavy atom. The molecule has 0 aliphatic carbocycles. The maximum absolute atomic E-state index is 12.4. The Labute approximate surface area is 137 Å². The predicted molar refractivity (Wildman–Crippen MR) is 93.4 cm³/mol. The van der Waals surface area contributed by atoms with Crippen molar-refractivity contribution in [3.63, 3.8) is 0 Å². The summed E-state index contributed by atoms with van der Waals surface area (Å²) in [5, 5.41) is 3.18. The van der Waals surface area contributed by atoms with Gasteiger partial charge in [0, 0.05) is 25.0 Å². The molecule has 2 rings (SSSR count). The molecule has 0 spiro atoms. The van der Waals surface area contributed by atoms with Crippen LogP contribution in [-0.2, 0) is 21.2 Å². The standard InChI is InChI=1S/C17H22N2O3S/c1-3-14-4-10-17(11-5-14)23(20,21)19-16-8-6-15(7-9-16)18-12-13-22-2/h4-11,18-19H,3,12-13H2,1-2H3. The molecule has 0 atom stereocenters. The van der Waals surface area contributed by atoms with Gasteiger partial charge in [0.05, 0.1) is 11.5 Å². The van der Waals surface area contributed by atoms with Gasteiger partial charge in [-0.3, -0.25) is 4.72 Å². The van der Waals surface area contributed by atoms with E-state index in [0.29, 0.717) is 18.8 Å². The fourth-order valence-corrected chi connectivity index (χ4v) is 3.13. The van der Waals surface area contributed by atoms with Gasteiger partial charge in [-0.25, -0.2) is 8.42 Å². The number of aryl methyl sites for hydroxylation is 1. The summed E-state index contributed by atoms with van der Waals surface area (Å²) in [6.07, 6.45) is 0.880. The van der Waals surface area contributed by atoms with E-state index in [-0.39, 0.29) is 4.90 Å². The molecule has 0 aromatic heterocycles. The van der Waals surface area contributed by atoms with Gasteiger partial charge in [-0.15, -0.1) is 0 Å². The fraction of sp³-hybridized carbons (Fsp3) is 0.294. The second kappa shape index (κ2) is 7.99. The summed E-state index contributed by atoms with van der Waals surface area (Å²) in [4.78, 5) is 0.261. The maximum Gasteiger partial charge on any atom is 0.261 e. The number of methoxy groups -OCH3 is 1. The molecule has 0 bridgehead atoms. The lowest BCUT2D eigenvalue weighted by Crippen LogP contribution is -2.13. The number of benzene rings is 2. The lowest BCUT2D eigenvalue weighted by molar-refractivity contribution is 0.211. The SMILES string of the molecule is CCc1ccc(S(=O)(=O)Nc2ccc(NCCOC)cc2)cc1. The normalized spacial score (nSPS) is 11.2. The van der Waals surface area contributed by atoms with E-state index in [4.69, 9.17) is 4.74 Å². The summed E-state index contributed by atoms with van der Waals surface area (Å²) in [6, 6.07) is 14.0. The quantitative estimate of drug-likeness (QED) is 0.728. The van der Waals surface area contributed by atoms with Crippen LogP contribution in [0.15, 0.2) is 53.4 Å². The Balaban J connectivity index is 2.04. The van der Waals surface area contributed by atoms with Crippen LogP contribution < -0.4 is 10.0 Å². The van der Waals surface area contributed by atoms with Crippen LogP contribution in [0.5, 0.6) is 0 Å². The summed E-state index contributed by atoms with van der Waals surface area (Å²) in [7, 11) is -1.92. The molecule has 2 aromatic rings. The number of hydrogen-bond acceptors (Lipinski definition) is 4. The minimum absolute atomic E-state index is 0.261. The molecule has 0 aliphatic heterocycles. The molecule has 0 fully saturated rings. The van der Waals surface area contributed by atoms with Gasteiger partial charge in [0.2, 0.25) is 0 Å². The molecule has 0 aliphatic rings. The minimum atomic E-state index is -3.56. The first kappa shape index (κ1) is 17.3. The van der Waals surface area contributed by atoms with E-state index in [1.54, 1.807) is 31.4 Å². The lowest BCUT2D eigenvalue weighted by atomic mass is 10.2. The maximum atomic E-state index is 12.4. The zero-order chi connectivity index (χ0) is 16.7. The first-order valence-electron chi connectivity index (χ1n) is 7.50. The average Bonchev–Trinajstić information content (AvgIpc) is 2.56. The summed E-state index contributed by atoms with van der Waals surface area (Å²) in [5.74, 6) is 0. The first-order chi connectivity index (χ1) is 11.0. The van der Waals surface area contributed by atoms with Crippen molar-refractivity contribution in [2.24, 2.45) is 0 Å². The molecule has 0 amide bonds. The zero-order valence-corrected chi connectivity index (χ0v) is 14.2. The van der Waals surface area contributed by atoms with Crippen LogP contribution in [0.3, 0.4) is 0 Å². The van der Waals surface area contributed by atoms with Gasteiger partial charge in [0.1, 0.15) is 0 Å². The molecule has 0 heterocycles. The van der Waals surface area contributed by atoms with Gasteiger partial charge in [-0.05, 0) is 48.4 Å². The van der Waals surface area contributed by atoms with Gasteiger partial charge >= 0.3 is 0 Å². The first-order valence-corrected chi connectivity index (χ1v) is 8.98. The number of sulfonamides is 1. The fourth-order valence-electron chi connectivity index (χ4n) is 2.07. The highest BCUT2D eigenvalue weighted by atomic mass is 32.2. The van der Waals surface area contributed by atoms with E-state index < -0.39 is 10.0 Å². The van der Waals surface area contributed by atoms with E-state index in [0.717, 1.165) is 17.7 Å². The van der Waals surface area contributed by atoms with Crippen molar-refractivity contribution in [3.05, 3.63) is 54.1 Å². The highest BCUT2D eigenvalue weighted by molar-refractivity contribution is 7.92. The minimum Gasteiger partial charge on any atom is -0.383 e. The highest BCUT2D eigenvalue weighted by Gasteiger charge is 2.13. The summed E-state index contributed by atoms with van der Waals surface area (Å²) >= 11 is 0. The third kappa shape index (κ3) is 4.97. The molecule has 0 unspecified atom stereocenters. The summed E-state index contributed by atoms with van der Waals surface area (Å²) in [5.41, 5.74) is 2.55. The Hall–Kier alpha value is -2.05. The molecule has 23 heavy (non-hydrogen) atoms. The average molecular weight is 334 g/mol. The number of ether oxygens (including phenoxy) is 1. The van der Waals surface area contributed by atoms with E-state index >= 15 is 0 Å². The monoisotopic (exact) mass is 334 g/mol. The van der Waals surface area contributed by atoms with Gasteiger partial charge in [-0.1, -0.05) is 19.1 Å². The van der Waals surface area contributed by atoms with Crippen molar-refractivity contribution in [3.8, 4) is 0 Å². The molecule has 124 valence electrons. The van der Waals surface area contributed by atoms with Gasteiger partial charge in [0.15, 0.2) is 0 Å². The highest BCUT2D eigenvalue weighted by Crippen LogP contribution is 2.19. The van der Waals surface area contributed by atoms with Crippen molar-refractivity contribution < 1.29 is 13.2 Å². The second-order valence-electron chi connectivity index (χ2n) is 5.10. The molecule has 5 nitrogen and oxygen atoms in total. The van der Waals surface area contributed by atoms with Crippen LogP contribution >= 0.6 is 0 Å². The van der Waals surface area contributed by atoms with Gasteiger partial charge in [-0.2, -0.15) is 0 Å². The molecule has 2 aromatic carbocycles. The van der Waals surface area contributed by atoms with Crippen molar-refractivity contribution in [2.75, 3.05) is 30.3 Å². The van der Waals surface area contributed by atoms with Gasteiger partial charge in [0.25, 0.3) is 10.0 Å². The van der Waals surface area contributed by atoms with Crippen LogP contribution in [-0.4, -0.2) is 28.7 Å². The van der Waals surface area contributed by atoms with Crippen molar-refractivity contribution in [1.29, 1.82) is 0 Å². The van der Waals surface area contributed by atoms with Crippen molar-refractivity contribution in [2.45, 2.75) is 18.2 Å². The Morgan fingerprint density at radius 3 is 2.13 bits per heavy atom. The van der Waals surface area contributed by atoms with Crippen LogP contribution in [0.1, 0.15) is 12.5 Å².